The number of aromatic nitrogens is 1. The SMILES string of the molecule is CCc1ccccc1NC(=O)c1cncc(C(=O)N2CCN(CC)CC2)c1. The van der Waals surface area contributed by atoms with Crippen LogP contribution in [-0.2, 0) is 6.42 Å². The Kier molecular flexibility index (Phi) is 6.19. The Hall–Kier alpha value is -2.73. The van der Waals surface area contributed by atoms with Gasteiger partial charge in [0.05, 0.1) is 11.1 Å². The number of para-hydroxylation sites is 1. The first-order chi connectivity index (χ1) is 13.1. The molecule has 27 heavy (non-hydrogen) atoms. The van der Waals surface area contributed by atoms with Crippen molar-refractivity contribution < 1.29 is 9.59 Å². The summed E-state index contributed by atoms with van der Waals surface area (Å²) < 4.78 is 0. The molecule has 1 aliphatic heterocycles. The summed E-state index contributed by atoms with van der Waals surface area (Å²) in [5.74, 6) is -0.323. The Morgan fingerprint density at radius 2 is 1.74 bits per heavy atom. The second-order valence-corrected chi connectivity index (χ2v) is 6.65. The van der Waals surface area contributed by atoms with Gasteiger partial charge in [-0.15, -0.1) is 0 Å². The first-order valence-corrected chi connectivity index (χ1v) is 9.48. The number of nitrogens with one attached hydrogen (secondary N) is 1. The van der Waals surface area contributed by atoms with Crippen molar-refractivity contribution in [3.8, 4) is 0 Å². The van der Waals surface area contributed by atoms with Crippen molar-refractivity contribution >= 4 is 17.5 Å². The lowest BCUT2D eigenvalue weighted by atomic mass is 10.1. The van der Waals surface area contributed by atoms with E-state index < -0.39 is 0 Å². The fourth-order valence-electron chi connectivity index (χ4n) is 3.28. The van der Waals surface area contributed by atoms with Gasteiger partial charge in [-0.3, -0.25) is 14.6 Å². The molecule has 6 heteroatoms. The topological polar surface area (TPSA) is 65.5 Å². The van der Waals surface area contributed by atoms with Crippen LogP contribution < -0.4 is 5.32 Å². The lowest BCUT2D eigenvalue weighted by Crippen LogP contribution is -2.48. The zero-order valence-electron chi connectivity index (χ0n) is 15.9. The van der Waals surface area contributed by atoms with Crippen molar-refractivity contribution in [1.82, 2.24) is 14.8 Å². The summed E-state index contributed by atoms with van der Waals surface area (Å²) in [6.07, 6.45) is 3.86. The molecule has 1 saturated heterocycles. The molecule has 1 aromatic carbocycles. The highest BCUT2D eigenvalue weighted by Gasteiger charge is 2.22. The summed E-state index contributed by atoms with van der Waals surface area (Å²) in [6.45, 7) is 8.33. The number of rotatable bonds is 5. The molecule has 1 fully saturated rings. The largest absolute Gasteiger partial charge is 0.336 e. The number of aryl methyl sites for hydroxylation is 1. The number of hydrogen-bond donors (Lipinski definition) is 1. The molecule has 0 bridgehead atoms. The molecule has 1 aromatic heterocycles. The summed E-state index contributed by atoms with van der Waals surface area (Å²) in [5.41, 5.74) is 2.70. The summed E-state index contributed by atoms with van der Waals surface area (Å²) in [4.78, 5) is 33.7. The van der Waals surface area contributed by atoms with Gasteiger partial charge in [0.1, 0.15) is 0 Å². The maximum absolute atomic E-state index is 12.8. The van der Waals surface area contributed by atoms with Crippen LogP contribution in [0.25, 0.3) is 0 Å². The minimum absolute atomic E-state index is 0.0677. The van der Waals surface area contributed by atoms with E-state index in [0.29, 0.717) is 24.2 Å². The molecule has 0 saturated carbocycles. The minimum Gasteiger partial charge on any atom is -0.336 e. The Morgan fingerprint density at radius 3 is 2.44 bits per heavy atom. The highest BCUT2D eigenvalue weighted by molar-refractivity contribution is 6.06. The molecule has 0 aliphatic carbocycles. The highest BCUT2D eigenvalue weighted by Crippen LogP contribution is 2.17. The second kappa shape index (κ2) is 8.77. The van der Waals surface area contributed by atoms with Crippen LogP contribution in [0.1, 0.15) is 40.1 Å². The predicted molar refractivity (Wildman–Crippen MR) is 106 cm³/mol. The predicted octanol–water partition coefficient (Wildman–Crippen LogP) is 2.67. The molecule has 2 aromatic rings. The van der Waals surface area contributed by atoms with Gasteiger partial charge in [-0.05, 0) is 30.7 Å². The van der Waals surface area contributed by atoms with Gasteiger partial charge in [-0.1, -0.05) is 32.0 Å². The molecular formula is C21H26N4O2. The van der Waals surface area contributed by atoms with Crippen LogP contribution in [0.3, 0.4) is 0 Å². The van der Waals surface area contributed by atoms with Crippen LogP contribution in [0.5, 0.6) is 0 Å². The zero-order chi connectivity index (χ0) is 19.2. The van der Waals surface area contributed by atoms with E-state index in [4.69, 9.17) is 0 Å². The van der Waals surface area contributed by atoms with Gasteiger partial charge in [0, 0.05) is 44.3 Å². The van der Waals surface area contributed by atoms with E-state index in [9.17, 15) is 9.59 Å². The number of benzene rings is 1. The van der Waals surface area contributed by atoms with Crippen LogP contribution >= 0.6 is 0 Å². The van der Waals surface area contributed by atoms with Crippen molar-refractivity contribution in [2.24, 2.45) is 0 Å². The molecule has 142 valence electrons. The molecular weight excluding hydrogens is 340 g/mol. The Balaban J connectivity index is 1.71. The fourth-order valence-corrected chi connectivity index (χ4v) is 3.28. The summed E-state index contributed by atoms with van der Waals surface area (Å²) in [7, 11) is 0. The molecule has 2 amide bonds. The van der Waals surface area contributed by atoms with Crippen LogP contribution in [-0.4, -0.2) is 59.3 Å². The Morgan fingerprint density at radius 1 is 1.04 bits per heavy atom. The van der Waals surface area contributed by atoms with E-state index >= 15 is 0 Å². The smallest absolute Gasteiger partial charge is 0.257 e. The third-order valence-electron chi connectivity index (χ3n) is 5.00. The summed E-state index contributed by atoms with van der Waals surface area (Å²) in [6, 6.07) is 9.35. The van der Waals surface area contributed by atoms with E-state index in [-0.39, 0.29) is 11.8 Å². The average molecular weight is 366 g/mol. The number of carbonyl (C=O) groups excluding carboxylic acids is 2. The van der Waals surface area contributed by atoms with Crippen molar-refractivity contribution in [2.45, 2.75) is 20.3 Å². The molecule has 1 N–H and O–H groups in total. The number of pyridine rings is 1. The van der Waals surface area contributed by atoms with E-state index in [1.165, 1.54) is 12.4 Å². The molecule has 3 rings (SSSR count). The number of likely N-dealkylation sites (N-methyl/N-ethyl adjacent to an activating group) is 1. The van der Waals surface area contributed by atoms with Gasteiger partial charge >= 0.3 is 0 Å². The van der Waals surface area contributed by atoms with Gasteiger partial charge in [0.25, 0.3) is 11.8 Å². The number of carbonyl (C=O) groups is 2. The van der Waals surface area contributed by atoms with E-state index in [1.807, 2.05) is 36.1 Å². The number of piperazine rings is 1. The van der Waals surface area contributed by atoms with Gasteiger partial charge in [0.2, 0.25) is 0 Å². The highest BCUT2D eigenvalue weighted by atomic mass is 16.2. The number of amides is 2. The number of nitrogens with zero attached hydrogens (tertiary/aromatic N) is 3. The van der Waals surface area contributed by atoms with Gasteiger partial charge in [-0.2, -0.15) is 0 Å². The fraction of sp³-hybridized carbons (Fsp3) is 0.381. The summed E-state index contributed by atoms with van der Waals surface area (Å²) in [5, 5.41) is 2.93. The van der Waals surface area contributed by atoms with Gasteiger partial charge in [-0.25, -0.2) is 0 Å². The Bertz CT molecular complexity index is 813. The second-order valence-electron chi connectivity index (χ2n) is 6.65. The molecule has 0 unspecified atom stereocenters. The monoisotopic (exact) mass is 366 g/mol. The van der Waals surface area contributed by atoms with Gasteiger partial charge in [0.15, 0.2) is 0 Å². The van der Waals surface area contributed by atoms with E-state index in [1.54, 1.807) is 6.07 Å². The molecule has 0 radical (unpaired) electrons. The van der Waals surface area contributed by atoms with E-state index in [0.717, 1.165) is 37.3 Å². The number of anilines is 1. The standard InChI is InChI=1S/C21H26N4O2/c1-3-16-7-5-6-8-19(16)23-20(26)17-13-18(15-22-14-17)21(27)25-11-9-24(4-2)10-12-25/h5-8,13-15H,3-4,9-12H2,1-2H3,(H,23,26). The average Bonchev–Trinajstić information content (AvgIpc) is 2.73. The maximum Gasteiger partial charge on any atom is 0.257 e. The van der Waals surface area contributed by atoms with Crippen molar-refractivity contribution in [1.29, 1.82) is 0 Å². The third-order valence-corrected chi connectivity index (χ3v) is 5.00. The zero-order valence-corrected chi connectivity index (χ0v) is 15.9. The maximum atomic E-state index is 12.8. The van der Waals surface area contributed by atoms with Crippen LogP contribution in [0.15, 0.2) is 42.7 Å². The molecule has 2 heterocycles. The molecule has 6 nitrogen and oxygen atoms in total. The van der Waals surface area contributed by atoms with Crippen molar-refractivity contribution in [3.05, 3.63) is 59.4 Å². The first-order valence-electron chi connectivity index (χ1n) is 9.48. The van der Waals surface area contributed by atoms with Crippen LogP contribution in [0, 0.1) is 0 Å². The summed E-state index contributed by atoms with van der Waals surface area (Å²) >= 11 is 0. The Labute approximate surface area is 160 Å². The van der Waals surface area contributed by atoms with Crippen LogP contribution in [0.4, 0.5) is 5.69 Å². The minimum atomic E-state index is -0.256. The molecule has 0 spiro atoms. The molecule has 1 aliphatic rings. The van der Waals surface area contributed by atoms with E-state index in [2.05, 4.69) is 22.1 Å². The lowest BCUT2D eigenvalue weighted by Gasteiger charge is -2.34. The lowest BCUT2D eigenvalue weighted by molar-refractivity contribution is 0.0643. The van der Waals surface area contributed by atoms with Crippen LogP contribution in [0.2, 0.25) is 0 Å². The molecule has 0 atom stereocenters. The normalized spacial score (nSPS) is 14.8. The van der Waals surface area contributed by atoms with Crippen molar-refractivity contribution in [2.75, 3.05) is 38.0 Å². The first kappa shape index (κ1) is 19.0. The third kappa shape index (κ3) is 4.52. The van der Waals surface area contributed by atoms with Gasteiger partial charge < -0.3 is 15.1 Å². The quantitative estimate of drug-likeness (QED) is 0.884. The van der Waals surface area contributed by atoms with Crippen molar-refractivity contribution in [3.63, 3.8) is 0 Å². The number of hydrogen-bond acceptors (Lipinski definition) is 4.